The molecular formula is C17H34N2O3. The lowest BCUT2D eigenvalue weighted by atomic mass is 10.0. The van der Waals surface area contributed by atoms with E-state index in [9.17, 15) is 9.59 Å². The van der Waals surface area contributed by atoms with Gasteiger partial charge in [-0.25, -0.2) is 0 Å². The minimum atomic E-state index is -0.381. The van der Waals surface area contributed by atoms with E-state index < -0.39 is 0 Å². The van der Waals surface area contributed by atoms with Crippen molar-refractivity contribution >= 4 is 11.7 Å². The van der Waals surface area contributed by atoms with Crippen molar-refractivity contribution in [2.75, 3.05) is 6.61 Å². The second-order valence-corrected chi connectivity index (χ2v) is 6.26. The van der Waals surface area contributed by atoms with Crippen molar-refractivity contribution in [3.8, 4) is 0 Å². The summed E-state index contributed by atoms with van der Waals surface area (Å²) in [4.78, 5) is 24.1. The van der Waals surface area contributed by atoms with Gasteiger partial charge in [-0.3, -0.25) is 9.59 Å². The Morgan fingerprint density at radius 2 is 1.59 bits per heavy atom. The van der Waals surface area contributed by atoms with Gasteiger partial charge >= 0.3 is 0 Å². The van der Waals surface area contributed by atoms with Gasteiger partial charge in [0.1, 0.15) is 0 Å². The summed E-state index contributed by atoms with van der Waals surface area (Å²) in [6.45, 7) is 7.79. The molecule has 130 valence electrons. The normalized spacial score (nSPS) is 13.9. The van der Waals surface area contributed by atoms with Crippen LogP contribution in [-0.2, 0) is 9.59 Å². The molecule has 0 aromatic rings. The van der Waals surface area contributed by atoms with Crippen molar-refractivity contribution in [2.24, 2.45) is 0 Å². The summed E-state index contributed by atoms with van der Waals surface area (Å²) in [6.07, 6.45) is 5.98. The Hall–Kier alpha value is -0.940. The Labute approximate surface area is 135 Å². The van der Waals surface area contributed by atoms with Crippen LogP contribution in [0.1, 0.15) is 72.6 Å². The minimum absolute atomic E-state index is 0.0168. The zero-order valence-electron chi connectivity index (χ0n) is 14.7. The highest BCUT2D eigenvalue weighted by Gasteiger charge is 2.23. The zero-order chi connectivity index (χ0) is 17.0. The highest BCUT2D eigenvalue weighted by atomic mass is 16.3. The number of Topliss-reactive ketones (excluding diaryl/α,β-unsaturated/α-hetero) is 1. The van der Waals surface area contributed by atoms with Crippen LogP contribution in [-0.4, -0.2) is 41.5 Å². The van der Waals surface area contributed by atoms with E-state index in [0.717, 1.165) is 25.7 Å². The third kappa shape index (κ3) is 9.90. The van der Waals surface area contributed by atoms with Crippen molar-refractivity contribution in [2.45, 2.75) is 90.8 Å². The fourth-order valence-corrected chi connectivity index (χ4v) is 2.40. The number of ketones is 1. The molecule has 0 aliphatic carbocycles. The van der Waals surface area contributed by atoms with Gasteiger partial charge in [0.25, 0.3) is 0 Å². The van der Waals surface area contributed by atoms with E-state index in [1.807, 2.05) is 13.8 Å². The number of aliphatic hydroxyl groups excluding tert-OH is 1. The molecule has 0 aromatic heterocycles. The number of carbonyl (C=O) groups is 2. The van der Waals surface area contributed by atoms with Crippen molar-refractivity contribution in [1.29, 1.82) is 0 Å². The first-order valence-corrected chi connectivity index (χ1v) is 8.60. The summed E-state index contributed by atoms with van der Waals surface area (Å²) in [5.74, 6) is -0.0913. The fraction of sp³-hybridized carbons (Fsp3) is 0.882. The lowest BCUT2D eigenvalue weighted by Crippen LogP contribution is -2.51. The van der Waals surface area contributed by atoms with Gasteiger partial charge in [0, 0.05) is 12.6 Å². The lowest BCUT2D eigenvalue weighted by Gasteiger charge is -2.24. The van der Waals surface area contributed by atoms with Crippen molar-refractivity contribution in [3.63, 3.8) is 0 Å². The maximum atomic E-state index is 12.4. The molecule has 0 bridgehead atoms. The predicted octanol–water partition coefficient (Wildman–Crippen LogP) is 2.17. The molecule has 5 nitrogen and oxygen atoms in total. The van der Waals surface area contributed by atoms with Crippen LogP contribution in [0.2, 0.25) is 0 Å². The van der Waals surface area contributed by atoms with Crippen LogP contribution in [0.15, 0.2) is 0 Å². The summed E-state index contributed by atoms with van der Waals surface area (Å²) < 4.78 is 0. The number of carbonyl (C=O) groups excluding carboxylic acids is 2. The Morgan fingerprint density at radius 3 is 2.09 bits per heavy atom. The third-order valence-electron chi connectivity index (χ3n) is 3.66. The molecule has 22 heavy (non-hydrogen) atoms. The molecule has 2 atom stereocenters. The van der Waals surface area contributed by atoms with Gasteiger partial charge in [0.2, 0.25) is 5.91 Å². The van der Waals surface area contributed by atoms with Gasteiger partial charge in [-0.15, -0.1) is 0 Å². The second-order valence-electron chi connectivity index (χ2n) is 6.26. The van der Waals surface area contributed by atoms with E-state index in [1.54, 1.807) is 0 Å². The molecule has 0 fully saturated rings. The van der Waals surface area contributed by atoms with E-state index in [1.165, 1.54) is 6.92 Å². The minimum Gasteiger partial charge on any atom is -0.396 e. The molecule has 0 radical (unpaired) electrons. The first kappa shape index (κ1) is 21.1. The number of hydrogen-bond donors (Lipinski definition) is 3. The van der Waals surface area contributed by atoms with Crippen LogP contribution in [0, 0.1) is 0 Å². The maximum absolute atomic E-state index is 12.4. The summed E-state index contributed by atoms with van der Waals surface area (Å²) in [7, 11) is 0. The van der Waals surface area contributed by atoms with E-state index in [0.29, 0.717) is 19.3 Å². The van der Waals surface area contributed by atoms with Crippen molar-refractivity contribution in [3.05, 3.63) is 0 Å². The Balaban J connectivity index is 4.55. The van der Waals surface area contributed by atoms with Crippen LogP contribution >= 0.6 is 0 Å². The monoisotopic (exact) mass is 314 g/mol. The molecule has 5 heteroatoms. The Bertz CT molecular complexity index is 319. The van der Waals surface area contributed by atoms with Crippen LogP contribution in [0.3, 0.4) is 0 Å². The van der Waals surface area contributed by atoms with Crippen LogP contribution in [0.5, 0.6) is 0 Å². The first-order valence-electron chi connectivity index (χ1n) is 8.60. The van der Waals surface area contributed by atoms with Crippen molar-refractivity contribution < 1.29 is 14.7 Å². The smallest absolute Gasteiger partial charge is 0.237 e. The van der Waals surface area contributed by atoms with Gasteiger partial charge in [0.05, 0.1) is 12.1 Å². The number of hydrogen-bond acceptors (Lipinski definition) is 4. The van der Waals surface area contributed by atoms with Gasteiger partial charge in [-0.1, -0.05) is 40.0 Å². The summed E-state index contributed by atoms with van der Waals surface area (Å²) in [5.41, 5.74) is 0. The third-order valence-corrected chi connectivity index (χ3v) is 3.66. The Kier molecular flexibility index (Phi) is 12.1. The maximum Gasteiger partial charge on any atom is 0.237 e. The molecule has 0 aliphatic rings. The molecule has 3 N–H and O–H groups in total. The lowest BCUT2D eigenvalue weighted by molar-refractivity contribution is -0.128. The topological polar surface area (TPSA) is 78.4 Å². The van der Waals surface area contributed by atoms with E-state index in [4.69, 9.17) is 5.11 Å². The highest BCUT2D eigenvalue weighted by Crippen LogP contribution is 2.07. The first-order chi connectivity index (χ1) is 10.4. The molecular weight excluding hydrogens is 280 g/mol. The second kappa shape index (κ2) is 12.6. The van der Waals surface area contributed by atoms with Gasteiger partial charge in [0.15, 0.2) is 5.78 Å². The summed E-state index contributed by atoms with van der Waals surface area (Å²) in [5, 5.41) is 15.0. The molecule has 0 aromatic carbocycles. The highest BCUT2D eigenvalue weighted by molar-refractivity contribution is 5.89. The van der Waals surface area contributed by atoms with Gasteiger partial charge in [-0.2, -0.15) is 0 Å². The van der Waals surface area contributed by atoms with E-state index >= 15 is 0 Å². The molecule has 0 saturated heterocycles. The SMILES string of the molecule is CCCCCC(NC(=O)C(CCCCO)NC(C)C)C(C)=O. The summed E-state index contributed by atoms with van der Waals surface area (Å²) in [6, 6.07) is -0.492. The number of amides is 1. The molecule has 0 spiro atoms. The number of nitrogens with one attached hydrogen (secondary N) is 2. The van der Waals surface area contributed by atoms with E-state index in [2.05, 4.69) is 17.6 Å². The van der Waals surface area contributed by atoms with Crippen LogP contribution in [0.25, 0.3) is 0 Å². The summed E-state index contributed by atoms with van der Waals surface area (Å²) >= 11 is 0. The molecule has 0 rings (SSSR count). The predicted molar refractivity (Wildman–Crippen MR) is 89.8 cm³/mol. The standard InChI is InChI=1S/C17H34N2O3/c1-5-6-7-10-15(14(4)21)19-17(22)16(18-13(2)3)11-8-9-12-20/h13,15-16,18,20H,5-12H2,1-4H3,(H,19,22). The molecule has 0 saturated carbocycles. The van der Waals surface area contributed by atoms with E-state index in [-0.39, 0.29) is 36.4 Å². The average molecular weight is 314 g/mol. The largest absolute Gasteiger partial charge is 0.396 e. The average Bonchev–Trinajstić information content (AvgIpc) is 2.44. The molecule has 0 heterocycles. The number of aliphatic hydroxyl groups is 1. The van der Waals surface area contributed by atoms with Crippen LogP contribution in [0.4, 0.5) is 0 Å². The quantitative estimate of drug-likeness (QED) is 0.455. The Morgan fingerprint density at radius 1 is 1.00 bits per heavy atom. The van der Waals surface area contributed by atoms with Gasteiger partial charge in [-0.05, 0) is 32.6 Å². The fourth-order valence-electron chi connectivity index (χ4n) is 2.40. The van der Waals surface area contributed by atoms with Crippen LogP contribution < -0.4 is 10.6 Å². The molecule has 0 aliphatic heterocycles. The van der Waals surface area contributed by atoms with Crippen molar-refractivity contribution in [1.82, 2.24) is 10.6 Å². The molecule has 2 unspecified atom stereocenters. The molecule has 1 amide bonds. The number of rotatable bonds is 13. The zero-order valence-corrected chi connectivity index (χ0v) is 14.7. The van der Waals surface area contributed by atoms with Gasteiger partial charge < -0.3 is 15.7 Å². The number of unbranched alkanes of at least 4 members (excludes halogenated alkanes) is 3.